The maximum absolute atomic E-state index is 6.02. The van der Waals surface area contributed by atoms with Crippen LogP contribution >= 0.6 is 0 Å². The summed E-state index contributed by atoms with van der Waals surface area (Å²) in [6.07, 6.45) is 5.49. The molecule has 0 spiro atoms. The van der Waals surface area contributed by atoms with Gasteiger partial charge in [-0.05, 0) is 38.6 Å². The van der Waals surface area contributed by atoms with Gasteiger partial charge in [0.25, 0.3) is 0 Å². The van der Waals surface area contributed by atoms with Gasteiger partial charge in [-0.15, -0.1) is 0 Å². The molecule has 2 fully saturated rings. The first-order chi connectivity index (χ1) is 8.15. The van der Waals surface area contributed by atoms with Gasteiger partial charge in [-0.1, -0.05) is 12.8 Å². The van der Waals surface area contributed by atoms with Gasteiger partial charge in [0.15, 0.2) is 0 Å². The van der Waals surface area contributed by atoms with Crippen molar-refractivity contribution in [3.05, 3.63) is 0 Å². The normalized spacial score (nSPS) is 26.8. The first-order valence-corrected chi connectivity index (χ1v) is 7.32. The highest BCUT2D eigenvalue weighted by molar-refractivity contribution is 4.89. The van der Waals surface area contributed by atoms with Crippen molar-refractivity contribution in [3.8, 4) is 0 Å². The lowest BCUT2D eigenvalue weighted by atomic mass is 9.85. The number of nitrogens with two attached hydrogens (primary N) is 1. The molecule has 1 aliphatic heterocycles. The summed E-state index contributed by atoms with van der Waals surface area (Å²) < 4.78 is 0. The van der Waals surface area contributed by atoms with Crippen molar-refractivity contribution in [2.75, 3.05) is 39.3 Å². The summed E-state index contributed by atoms with van der Waals surface area (Å²) in [6, 6.07) is 0.701. The van der Waals surface area contributed by atoms with Gasteiger partial charge in [-0.2, -0.15) is 0 Å². The van der Waals surface area contributed by atoms with E-state index in [1.807, 2.05) is 0 Å². The molecule has 1 aliphatic carbocycles. The first-order valence-electron chi connectivity index (χ1n) is 7.32. The van der Waals surface area contributed by atoms with Crippen LogP contribution in [0.1, 0.15) is 39.5 Å². The van der Waals surface area contributed by atoms with Crippen LogP contribution in [0.25, 0.3) is 0 Å². The summed E-state index contributed by atoms with van der Waals surface area (Å²) in [5, 5.41) is 0. The second-order valence-electron chi connectivity index (χ2n) is 6.32. The molecular formula is C14H29N3. The fraction of sp³-hybridized carbons (Fsp3) is 1.00. The van der Waals surface area contributed by atoms with Crippen LogP contribution in [0.2, 0.25) is 0 Å². The second-order valence-corrected chi connectivity index (χ2v) is 6.32. The smallest absolute Gasteiger partial charge is 0.0113 e. The zero-order valence-electron chi connectivity index (χ0n) is 11.6. The molecule has 17 heavy (non-hydrogen) atoms. The SMILES string of the molecule is CC(C)N1CCN(CC2(CN)CCCC2)CC1. The van der Waals surface area contributed by atoms with Gasteiger partial charge in [0.05, 0.1) is 0 Å². The van der Waals surface area contributed by atoms with E-state index in [-0.39, 0.29) is 0 Å². The van der Waals surface area contributed by atoms with Crippen molar-refractivity contribution in [1.29, 1.82) is 0 Å². The Balaban J connectivity index is 1.81. The summed E-state index contributed by atoms with van der Waals surface area (Å²) in [4.78, 5) is 5.23. The molecule has 1 saturated carbocycles. The van der Waals surface area contributed by atoms with Gasteiger partial charge in [-0.25, -0.2) is 0 Å². The third-order valence-electron chi connectivity index (χ3n) is 4.79. The van der Waals surface area contributed by atoms with Crippen molar-refractivity contribution in [3.63, 3.8) is 0 Å². The summed E-state index contributed by atoms with van der Waals surface area (Å²) >= 11 is 0. The summed E-state index contributed by atoms with van der Waals surface area (Å²) in [6.45, 7) is 11.7. The Morgan fingerprint density at radius 1 is 1.06 bits per heavy atom. The Morgan fingerprint density at radius 3 is 2.12 bits per heavy atom. The molecule has 2 N–H and O–H groups in total. The maximum atomic E-state index is 6.02. The highest BCUT2D eigenvalue weighted by atomic mass is 15.3. The van der Waals surface area contributed by atoms with E-state index in [9.17, 15) is 0 Å². The Labute approximate surface area is 106 Å². The fourth-order valence-electron chi connectivity index (χ4n) is 3.46. The molecule has 0 aromatic rings. The average molecular weight is 239 g/mol. The van der Waals surface area contributed by atoms with Gasteiger partial charge >= 0.3 is 0 Å². The van der Waals surface area contributed by atoms with E-state index >= 15 is 0 Å². The molecule has 2 rings (SSSR count). The average Bonchev–Trinajstić information content (AvgIpc) is 2.79. The third kappa shape index (κ3) is 3.21. The van der Waals surface area contributed by atoms with E-state index in [0.29, 0.717) is 11.5 Å². The highest BCUT2D eigenvalue weighted by Crippen LogP contribution is 2.37. The largest absolute Gasteiger partial charge is 0.330 e. The first kappa shape index (κ1) is 13.3. The van der Waals surface area contributed by atoms with Gasteiger partial charge in [0.1, 0.15) is 0 Å². The van der Waals surface area contributed by atoms with E-state index < -0.39 is 0 Å². The van der Waals surface area contributed by atoms with Crippen molar-refractivity contribution in [2.45, 2.75) is 45.6 Å². The molecular weight excluding hydrogens is 210 g/mol. The minimum atomic E-state index is 0.458. The molecule has 3 heteroatoms. The second kappa shape index (κ2) is 5.68. The molecule has 1 saturated heterocycles. The monoisotopic (exact) mass is 239 g/mol. The van der Waals surface area contributed by atoms with Crippen LogP contribution in [0.3, 0.4) is 0 Å². The molecule has 2 aliphatic rings. The quantitative estimate of drug-likeness (QED) is 0.807. The molecule has 0 amide bonds. The molecule has 100 valence electrons. The Kier molecular flexibility index (Phi) is 4.45. The van der Waals surface area contributed by atoms with Crippen LogP contribution in [-0.4, -0.2) is 55.1 Å². The molecule has 0 unspecified atom stereocenters. The Hall–Kier alpha value is -0.120. The van der Waals surface area contributed by atoms with E-state index in [0.717, 1.165) is 6.54 Å². The van der Waals surface area contributed by atoms with Crippen molar-refractivity contribution in [1.82, 2.24) is 9.80 Å². The maximum Gasteiger partial charge on any atom is 0.0113 e. The van der Waals surface area contributed by atoms with Crippen molar-refractivity contribution < 1.29 is 0 Å². The number of hydrogen-bond donors (Lipinski definition) is 1. The molecule has 0 radical (unpaired) electrons. The van der Waals surface area contributed by atoms with Gasteiger partial charge < -0.3 is 10.6 Å². The zero-order valence-corrected chi connectivity index (χ0v) is 11.6. The van der Waals surface area contributed by atoms with E-state index in [4.69, 9.17) is 5.73 Å². The van der Waals surface area contributed by atoms with Gasteiger partial charge in [0, 0.05) is 38.8 Å². The molecule has 0 aromatic carbocycles. The van der Waals surface area contributed by atoms with Crippen LogP contribution in [0.15, 0.2) is 0 Å². The molecule has 0 atom stereocenters. The number of hydrogen-bond acceptors (Lipinski definition) is 3. The van der Waals surface area contributed by atoms with Gasteiger partial charge in [-0.3, -0.25) is 4.90 Å². The standard InChI is InChI=1S/C14H29N3/c1-13(2)17-9-7-16(8-10-17)12-14(11-15)5-3-4-6-14/h13H,3-12,15H2,1-2H3. The predicted molar refractivity (Wildman–Crippen MR) is 73.1 cm³/mol. The fourth-order valence-corrected chi connectivity index (χ4v) is 3.46. The Morgan fingerprint density at radius 2 is 1.65 bits per heavy atom. The summed E-state index contributed by atoms with van der Waals surface area (Å²) in [5.41, 5.74) is 6.48. The minimum Gasteiger partial charge on any atom is -0.330 e. The molecule has 0 bridgehead atoms. The lowest BCUT2D eigenvalue weighted by molar-refractivity contribution is 0.0741. The summed E-state index contributed by atoms with van der Waals surface area (Å²) in [5.74, 6) is 0. The number of rotatable bonds is 4. The highest BCUT2D eigenvalue weighted by Gasteiger charge is 2.35. The lowest BCUT2D eigenvalue weighted by Crippen LogP contribution is -2.52. The molecule has 3 nitrogen and oxygen atoms in total. The van der Waals surface area contributed by atoms with Crippen LogP contribution in [0, 0.1) is 5.41 Å². The zero-order chi connectivity index (χ0) is 12.3. The third-order valence-corrected chi connectivity index (χ3v) is 4.79. The molecule has 0 aromatic heterocycles. The Bertz CT molecular complexity index is 226. The number of piperazine rings is 1. The van der Waals surface area contributed by atoms with Crippen LogP contribution in [-0.2, 0) is 0 Å². The minimum absolute atomic E-state index is 0.458. The molecule has 1 heterocycles. The van der Waals surface area contributed by atoms with Crippen LogP contribution < -0.4 is 5.73 Å². The van der Waals surface area contributed by atoms with E-state index in [1.165, 1.54) is 58.4 Å². The van der Waals surface area contributed by atoms with Crippen LogP contribution in [0.5, 0.6) is 0 Å². The van der Waals surface area contributed by atoms with E-state index in [2.05, 4.69) is 23.6 Å². The number of nitrogens with zero attached hydrogens (tertiary/aromatic N) is 2. The lowest BCUT2D eigenvalue weighted by Gasteiger charge is -2.41. The van der Waals surface area contributed by atoms with E-state index in [1.54, 1.807) is 0 Å². The summed E-state index contributed by atoms with van der Waals surface area (Å²) in [7, 11) is 0. The topological polar surface area (TPSA) is 32.5 Å². The predicted octanol–water partition coefficient (Wildman–Crippen LogP) is 1.53. The van der Waals surface area contributed by atoms with Crippen molar-refractivity contribution >= 4 is 0 Å². The van der Waals surface area contributed by atoms with Crippen molar-refractivity contribution in [2.24, 2.45) is 11.1 Å². The van der Waals surface area contributed by atoms with Gasteiger partial charge in [0.2, 0.25) is 0 Å². The van der Waals surface area contributed by atoms with Crippen LogP contribution in [0.4, 0.5) is 0 Å².